The fourth-order valence-electron chi connectivity index (χ4n) is 1.46. The highest BCUT2D eigenvalue weighted by molar-refractivity contribution is 5.71. The Morgan fingerprint density at radius 2 is 1.86 bits per heavy atom. The van der Waals surface area contributed by atoms with Crippen molar-refractivity contribution in [3.05, 3.63) is 0 Å². The van der Waals surface area contributed by atoms with Gasteiger partial charge in [0.1, 0.15) is 12.2 Å². The molecule has 1 saturated heterocycles. The molecular weight excluding hydrogens is 188 g/mol. The van der Waals surface area contributed by atoms with E-state index in [1.165, 1.54) is 0 Å². The number of hydrogen-bond acceptors (Lipinski definition) is 4. The van der Waals surface area contributed by atoms with Crippen molar-refractivity contribution in [2.45, 2.75) is 44.5 Å². The zero-order chi connectivity index (χ0) is 10.9. The Morgan fingerprint density at radius 3 is 2.36 bits per heavy atom. The molecule has 5 atom stereocenters. The van der Waals surface area contributed by atoms with Crippen LogP contribution in [-0.2, 0) is 4.74 Å². The molecule has 0 saturated carbocycles. The largest absolute Gasteiger partial charge is 0.388 e. The Bertz CT molecular complexity index is 229. The predicted octanol–water partition coefficient (Wildman–Crippen LogP) is -3.73. The van der Waals surface area contributed by atoms with Gasteiger partial charge in [0.25, 0.3) is 0 Å². The average Bonchev–Trinajstić information content (AvgIpc) is 2.09. The van der Waals surface area contributed by atoms with Crippen LogP contribution in [0.4, 0.5) is 0 Å². The Labute approximate surface area is 82.0 Å². The van der Waals surface area contributed by atoms with Gasteiger partial charge in [0, 0.05) is 6.92 Å². The standard InChI is InChI=1S/C8H16N2O4/c1-3-6(11)7(12)5(8(13)14-3)10-4(2)9/h3,5-8,11-13H,1-2H3,(H2,9,10)/p+1/t3-,5-,6+,7-,8-/m0/s1. The molecule has 0 unspecified atom stereocenters. The van der Waals surface area contributed by atoms with Crippen LogP contribution in [0.25, 0.3) is 0 Å². The van der Waals surface area contributed by atoms with Gasteiger partial charge in [0.2, 0.25) is 5.84 Å². The summed E-state index contributed by atoms with van der Waals surface area (Å²) in [5, 5.41) is 28.5. The van der Waals surface area contributed by atoms with E-state index in [2.05, 4.69) is 4.99 Å². The maximum atomic E-state index is 9.61. The Morgan fingerprint density at radius 1 is 1.29 bits per heavy atom. The maximum absolute atomic E-state index is 9.61. The number of rotatable bonds is 1. The van der Waals surface area contributed by atoms with Crippen molar-refractivity contribution >= 4 is 5.84 Å². The highest BCUT2D eigenvalue weighted by atomic mass is 16.6. The predicted molar refractivity (Wildman–Crippen MR) is 48.2 cm³/mol. The number of nitrogens with two attached hydrogens (primary N) is 1. The number of hydrogen-bond donors (Lipinski definition) is 5. The first-order chi connectivity index (χ1) is 6.43. The van der Waals surface area contributed by atoms with Crippen LogP contribution in [-0.4, -0.2) is 51.8 Å². The van der Waals surface area contributed by atoms with Gasteiger partial charge < -0.3 is 20.1 Å². The molecule has 1 heterocycles. The number of amidine groups is 1. The van der Waals surface area contributed by atoms with Gasteiger partial charge in [-0.2, -0.15) is 0 Å². The molecule has 1 aliphatic rings. The van der Waals surface area contributed by atoms with Gasteiger partial charge in [-0.15, -0.1) is 0 Å². The third kappa shape index (κ3) is 2.21. The molecule has 1 fully saturated rings. The highest BCUT2D eigenvalue weighted by Crippen LogP contribution is 2.16. The lowest BCUT2D eigenvalue weighted by atomic mass is 9.98. The van der Waals surface area contributed by atoms with Gasteiger partial charge in [-0.05, 0) is 6.92 Å². The molecule has 0 aromatic rings. The summed E-state index contributed by atoms with van der Waals surface area (Å²) in [6, 6.07) is -0.800. The summed E-state index contributed by atoms with van der Waals surface area (Å²) in [5.74, 6) is 0.346. The number of aliphatic hydroxyl groups excluding tert-OH is 3. The quantitative estimate of drug-likeness (QED) is 0.223. The second-order valence-corrected chi connectivity index (χ2v) is 3.57. The van der Waals surface area contributed by atoms with Crippen molar-refractivity contribution < 1.29 is 25.0 Å². The summed E-state index contributed by atoms with van der Waals surface area (Å²) in [5.41, 5.74) is 5.37. The monoisotopic (exact) mass is 205 g/mol. The molecule has 1 rings (SSSR count). The van der Waals surface area contributed by atoms with E-state index in [4.69, 9.17) is 10.5 Å². The van der Waals surface area contributed by atoms with Crippen molar-refractivity contribution in [3.8, 4) is 0 Å². The minimum Gasteiger partial charge on any atom is -0.388 e. The lowest BCUT2D eigenvalue weighted by Gasteiger charge is -2.36. The summed E-state index contributed by atoms with van der Waals surface area (Å²) in [4.78, 5) is 2.64. The molecule has 14 heavy (non-hydrogen) atoms. The number of ether oxygens (including phenoxy) is 1. The summed E-state index contributed by atoms with van der Waals surface area (Å²) in [6.45, 7) is 3.16. The lowest BCUT2D eigenvalue weighted by molar-refractivity contribution is -0.560. The van der Waals surface area contributed by atoms with Crippen LogP contribution in [0.3, 0.4) is 0 Å². The van der Waals surface area contributed by atoms with Crippen molar-refractivity contribution in [2.75, 3.05) is 0 Å². The second kappa shape index (κ2) is 4.22. The van der Waals surface area contributed by atoms with Crippen LogP contribution in [0.15, 0.2) is 0 Å². The van der Waals surface area contributed by atoms with Crippen molar-refractivity contribution in [1.29, 1.82) is 0 Å². The van der Waals surface area contributed by atoms with Gasteiger partial charge in [0.05, 0.1) is 6.10 Å². The van der Waals surface area contributed by atoms with Gasteiger partial charge in [-0.25, -0.2) is 0 Å². The summed E-state index contributed by atoms with van der Waals surface area (Å²) in [6.07, 6.45) is -3.92. The zero-order valence-electron chi connectivity index (χ0n) is 8.21. The third-order valence-electron chi connectivity index (χ3n) is 2.25. The first kappa shape index (κ1) is 11.4. The van der Waals surface area contributed by atoms with Gasteiger partial charge in [0.15, 0.2) is 12.3 Å². The molecular formula is C8H17N2O4+. The van der Waals surface area contributed by atoms with E-state index in [0.717, 1.165) is 0 Å². The van der Waals surface area contributed by atoms with Crippen LogP contribution in [0.1, 0.15) is 13.8 Å². The molecule has 0 spiro atoms. The number of nitrogens with one attached hydrogen (secondary N) is 1. The molecule has 0 aromatic heterocycles. The van der Waals surface area contributed by atoms with Crippen LogP contribution in [0.2, 0.25) is 0 Å². The molecule has 0 bridgehead atoms. The second-order valence-electron chi connectivity index (χ2n) is 3.57. The van der Waals surface area contributed by atoms with Crippen LogP contribution >= 0.6 is 0 Å². The fourth-order valence-corrected chi connectivity index (χ4v) is 1.46. The average molecular weight is 205 g/mol. The summed E-state index contributed by atoms with van der Waals surface area (Å²) in [7, 11) is 0. The van der Waals surface area contributed by atoms with E-state index >= 15 is 0 Å². The molecule has 0 amide bonds. The molecule has 82 valence electrons. The Hall–Kier alpha value is -0.690. The van der Waals surface area contributed by atoms with Gasteiger partial charge in [-0.3, -0.25) is 10.7 Å². The molecule has 6 N–H and O–H groups in total. The molecule has 1 aliphatic heterocycles. The number of aliphatic hydroxyl groups is 3. The lowest BCUT2D eigenvalue weighted by Crippen LogP contribution is -2.89. The van der Waals surface area contributed by atoms with Gasteiger partial charge in [-0.1, -0.05) is 0 Å². The van der Waals surface area contributed by atoms with E-state index in [1.54, 1.807) is 13.8 Å². The zero-order valence-corrected chi connectivity index (χ0v) is 8.21. The minimum atomic E-state index is -1.18. The van der Waals surface area contributed by atoms with E-state index in [1.807, 2.05) is 0 Å². The van der Waals surface area contributed by atoms with E-state index in [-0.39, 0.29) is 0 Å². The highest BCUT2D eigenvalue weighted by Gasteiger charge is 2.43. The van der Waals surface area contributed by atoms with E-state index < -0.39 is 30.6 Å². The molecule has 6 heteroatoms. The van der Waals surface area contributed by atoms with Crippen LogP contribution in [0, 0.1) is 0 Å². The van der Waals surface area contributed by atoms with Gasteiger partial charge >= 0.3 is 0 Å². The minimum absolute atomic E-state index is 0.346. The summed E-state index contributed by atoms with van der Waals surface area (Å²) < 4.78 is 5.00. The van der Waals surface area contributed by atoms with Crippen molar-refractivity contribution in [1.82, 2.24) is 0 Å². The van der Waals surface area contributed by atoms with Crippen LogP contribution in [0.5, 0.6) is 0 Å². The SMILES string of the molecule is CC(N)=[NH+][C@H]1[C@H](O)[C@H](O)[C@H](C)O[C@@H]1O. The van der Waals surface area contributed by atoms with E-state index in [9.17, 15) is 15.3 Å². The van der Waals surface area contributed by atoms with Crippen molar-refractivity contribution in [3.63, 3.8) is 0 Å². The normalized spacial score (nSPS) is 45.2. The molecule has 0 radical (unpaired) electrons. The topological polar surface area (TPSA) is 110 Å². The first-order valence-corrected chi connectivity index (χ1v) is 4.48. The fraction of sp³-hybridized carbons (Fsp3) is 0.875. The third-order valence-corrected chi connectivity index (χ3v) is 2.25. The molecule has 0 aliphatic carbocycles. The maximum Gasteiger partial charge on any atom is 0.237 e. The summed E-state index contributed by atoms with van der Waals surface area (Å²) >= 11 is 0. The van der Waals surface area contributed by atoms with Crippen molar-refractivity contribution in [2.24, 2.45) is 5.73 Å². The Balaban J connectivity index is 2.79. The Kier molecular flexibility index (Phi) is 3.43. The van der Waals surface area contributed by atoms with Crippen LogP contribution < -0.4 is 10.7 Å². The molecule has 0 aromatic carbocycles. The van der Waals surface area contributed by atoms with E-state index in [0.29, 0.717) is 5.84 Å². The first-order valence-electron chi connectivity index (χ1n) is 4.48. The molecule has 6 nitrogen and oxygen atoms in total. The smallest absolute Gasteiger partial charge is 0.237 e.